The number of rotatable bonds is 6. The summed E-state index contributed by atoms with van der Waals surface area (Å²) in [5, 5.41) is 0.643. The van der Waals surface area contributed by atoms with E-state index in [9.17, 15) is 13.2 Å². The first-order chi connectivity index (χ1) is 12.9. The van der Waals surface area contributed by atoms with Crippen LogP contribution in [0.25, 0.3) is 0 Å². The number of pyridine rings is 1. The van der Waals surface area contributed by atoms with Gasteiger partial charge in [0.25, 0.3) is 0 Å². The normalized spacial score (nSPS) is 15.6. The van der Waals surface area contributed by atoms with Crippen LogP contribution < -0.4 is 0 Å². The van der Waals surface area contributed by atoms with E-state index in [1.807, 2.05) is 32.0 Å². The maximum absolute atomic E-state index is 12.6. The van der Waals surface area contributed by atoms with Crippen molar-refractivity contribution in [1.29, 1.82) is 0 Å². The first kappa shape index (κ1) is 20.0. The molecule has 27 heavy (non-hydrogen) atoms. The van der Waals surface area contributed by atoms with E-state index in [-0.39, 0.29) is 16.4 Å². The van der Waals surface area contributed by atoms with Gasteiger partial charge < -0.3 is 0 Å². The van der Waals surface area contributed by atoms with Gasteiger partial charge in [0.2, 0.25) is 10.0 Å². The number of hydrogen-bond donors (Lipinski definition) is 0. The molecule has 0 saturated carbocycles. The molecule has 0 unspecified atom stereocenters. The lowest BCUT2D eigenvalue weighted by Gasteiger charge is -2.25. The number of thioether (sulfide) groups is 1. The maximum atomic E-state index is 12.6. The Morgan fingerprint density at radius 3 is 2.44 bits per heavy atom. The molecule has 7 heteroatoms. The van der Waals surface area contributed by atoms with Gasteiger partial charge in [0.1, 0.15) is 4.90 Å². The molecule has 5 nitrogen and oxygen atoms in total. The van der Waals surface area contributed by atoms with Crippen LogP contribution in [0.5, 0.6) is 0 Å². The fourth-order valence-electron chi connectivity index (χ4n) is 3.00. The molecule has 0 radical (unpaired) electrons. The molecule has 0 bridgehead atoms. The highest BCUT2D eigenvalue weighted by Gasteiger charge is 2.26. The largest absolute Gasteiger partial charge is 0.293 e. The van der Waals surface area contributed by atoms with Gasteiger partial charge in [0.15, 0.2) is 5.78 Å². The Morgan fingerprint density at radius 2 is 1.81 bits per heavy atom. The minimum absolute atomic E-state index is 0.0370. The predicted molar refractivity (Wildman–Crippen MR) is 108 cm³/mol. The van der Waals surface area contributed by atoms with Gasteiger partial charge in [-0.2, -0.15) is 4.31 Å². The van der Waals surface area contributed by atoms with Gasteiger partial charge in [-0.25, -0.2) is 13.4 Å². The number of nitrogens with zero attached hydrogens (tertiary/aromatic N) is 2. The average molecular weight is 405 g/mol. The number of ketones is 1. The molecular weight excluding hydrogens is 380 g/mol. The monoisotopic (exact) mass is 404 g/mol. The second-order valence-electron chi connectivity index (χ2n) is 6.81. The van der Waals surface area contributed by atoms with Crippen LogP contribution in [0, 0.1) is 13.8 Å². The number of benzene rings is 1. The van der Waals surface area contributed by atoms with Crippen molar-refractivity contribution in [2.75, 3.05) is 18.8 Å². The Balaban J connectivity index is 1.63. The van der Waals surface area contributed by atoms with Crippen molar-refractivity contribution in [2.24, 2.45) is 0 Å². The molecule has 2 heterocycles. The van der Waals surface area contributed by atoms with Crippen molar-refractivity contribution in [3.63, 3.8) is 0 Å². The van der Waals surface area contributed by atoms with Gasteiger partial charge in [-0.15, -0.1) is 0 Å². The lowest BCUT2D eigenvalue weighted by atomic mass is 10.0. The predicted octanol–water partition coefficient (Wildman–Crippen LogP) is 3.85. The SMILES string of the molecule is Cc1ccc(C(=O)CSc2ccc(S(=O)(=O)N3CCCCC3)cn2)cc1C. The van der Waals surface area contributed by atoms with E-state index in [0.29, 0.717) is 23.7 Å². The summed E-state index contributed by atoms with van der Waals surface area (Å²) in [6, 6.07) is 8.95. The first-order valence-corrected chi connectivity index (χ1v) is 11.5. The Morgan fingerprint density at radius 1 is 1.07 bits per heavy atom. The molecule has 1 fully saturated rings. The van der Waals surface area contributed by atoms with Crippen LogP contribution in [0.4, 0.5) is 0 Å². The van der Waals surface area contributed by atoms with Crippen molar-refractivity contribution < 1.29 is 13.2 Å². The third kappa shape index (κ3) is 4.78. The zero-order valence-corrected chi connectivity index (χ0v) is 17.3. The highest BCUT2D eigenvalue weighted by molar-refractivity contribution is 7.99. The molecular formula is C20H24N2O3S2. The summed E-state index contributed by atoms with van der Waals surface area (Å²) in [4.78, 5) is 16.8. The molecule has 0 N–H and O–H groups in total. The van der Waals surface area contributed by atoms with Crippen LogP contribution in [0.3, 0.4) is 0 Å². The lowest BCUT2D eigenvalue weighted by Crippen LogP contribution is -2.35. The molecule has 0 amide bonds. The number of hydrogen-bond acceptors (Lipinski definition) is 5. The summed E-state index contributed by atoms with van der Waals surface area (Å²) in [7, 11) is -3.47. The summed E-state index contributed by atoms with van der Waals surface area (Å²) < 4.78 is 26.8. The van der Waals surface area contributed by atoms with Gasteiger partial charge in [0.05, 0.1) is 10.8 Å². The molecule has 0 spiro atoms. The van der Waals surface area contributed by atoms with Gasteiger partial charge in [0, 0.05) is 24.8 Å². The smallest absolute Gasteiger partial charge is 0.244 e. The Kier molecular flexibility index (Phi) is 6.34. The van der Waals surface area contributed by atoms with Crippen LogP contribution in [0.15, 0.2) is 46.5 Å². The zero-order valence-electron chi connectivity index (χ0n) is 15.6. The van der Waals surface area contributed by atoms with E-state index >= 15 is 0 Å². The molecule has 1 aromatic heterocycles. The lowest BCUT2D eigenvalue weighted by molar-refractivity contribution is 0.102. The number of aryl methyl sites for hydroxylation is 2. The summed E-state index contributed by atoms with van der Waals surface area (Å²) in [6.07, 6.45) is 4.28. The van der Waals surface area contributed by atoms with E-state index in [2.05, 4.69) is 4.98 Å². The van der Waals surface area contributed by atoms with Crippen LogP contribution >= 0.6 is 11.8 Å². The molecule has 2 aromatic rings. The third-order valence-corrected chi connectivity index (χ3v) is 7.67. The molecule has 1 aliphatic rings. The van der Waals surface area contributed by atoms with E-state index in [1.165, 1.54) is 22.3 Å². The molecule has 1 aromatic carbocycles. The van der Waals surface area contributed by atoms with E-state index in [1.54, 1.807) is 12.1 Å². The van der Waals surface area contributed by atoms with E-state index in [4.69, 9.17) is 0 Å². The van der Waals surface area contributed by atoms with Crippen molar-refractivity contribution in [3.05, 3.63) is 53.2 Å². The zero-order chi connectivity index (χ0) is 19.4. The molecule has 3 rings (SSSR count). The van der Waals surface area contributed by atoms with Gasteiger partial charge in [-0.1, -0.05) is 30.3 Å². The topological polar surface area (TPSA) is 67.3 Å². The second-order valence-corrected chi connectivity index (χ2v) is 9.74. The number of piperidine rings is 1. The quantitative estimate of drug-likeness (QED) is 0.540. The van der Waals surface area contributed by atoms with Crippen LogP contribution in [0.2, 0.25) is 0 Å². The summed E-state index contributed by atoms with van der Waals surface area (Å²) >= 11 is 1.32. The molecule has 1 aliphatic heterocycles. The number of Topliss-reactive ketones (excluding diaryl/α,β-unsaturated/α-hetero) is 1. The van der Waals surface area contributed by atoms with Crippen molar-refractivity contribution in [3.8, 4) is 0 Å². The molecule has 0 atom stereocenters. The summed E-state index contributed by atoms with van der Waals surface area (Å²) in [6.45, 7) is 5.15. The van der Waals surface area contributed by atoms with Crippen LogP contribution in [-0.2, 0) is 10.0 Å². The highest BCUT2D eigenvalue weighted by Crippen LogP contribution is 2.23. The fraction of sp³-hybridized carbons (Fsp3) is 0.400. The van der Waals surface area contributed by atoms with Crippen molar-refractivity contribution >= 4 is 27.6 Å². The molecule has 0 aliphatic carbocycles. The Bertz CT molecular complexity index is 919. The molecule has 1 saturated heterocycles. The number of carbonyl (C=O) groups excluding carboxylic acids is 1. The third-order valence-electron chi connectivity index (χ3n) is 4.84. The number of sulfonamides is 1. The fourth-order valence-corrected chi connectivity index (χ4v) is 5.20. The highest BCUT2D eigenvalue weighted by atomic mass is 32.2. The van der Waals surface area contributed by atoms with E-state index < -0.39 is 10.0 Å². The Hall–Kier alpha value is -1.70. The van der Waals surface area contributed by atoms with Crippen molar-refractivity contribution in [1.82, 2.24) is 9.29 Å². The van der Waals surface area contributed by atoms with E-state index in [0.717, 1.165) is 30.4 Å². The standard InChI is InChI=1S/C20H24N2O3S2/c1-15-6-7-17(12-16(15)2)19(23)14-26-20-9-8-18(13-21-20)27(24,25)22-10-4-3-5-11-22/h6-9,12-13H,3-5,10-11,14H2,1-2H3. The van der Waals surface area contributed by atoms with Crippen LogP contribution in [-0.4, -0.2) is 42.3 Å². The number of aromatic nitrogens is 1. The second kappa shape index (κ2) is 8.54. The number of carbonyl (C=O) groups is 1. The van der Waals surface area contributed by atoms with Gasteiger partial charge in [-0.3, -0.25) is 4.79 Å². The molecule has 144 valence electrons. The van der Waals surface area contributed by atoms with Crippen LogP contribution in [0.1, 0.15) is 40.7 Å². The summed E-state index contributed by atoms with van der Waals surface area (Å²) in [5.74, 6) is 0.309. The average Bonchev–Trinajstić information content (AvgIpc) is 2.69. The Labute approximate surface area is 165 Å². The minimum Gasteiger partial charge on any atom is -0.293 e. The van der Waals surface area contributed by atoms with Crippen molar-refractivity contribution in [2.45, 2.75) is 43.0 Å². The maximum Gasteiger partial charge on any atom is 0.244 e. The first-order valence-electron chi connectivity index (χ1n) is 9.07. The minimum atomic E-state index is -3.47. The van der Waals surface area contributed by atoms with Gasteiger partial charge >= 0.3 is 0 Å². The summed E-state index contributed by atoms with van der Waals surface area (Å²) in [5.41, 5.74) is 2.94. The van der Waals surface area contributed by atoms with Gasteiger partial charge in [-0.05, 0) is 56.0 Å².